The van der Waals surface area contributed by atoms with E-state index in [4.69, 9.17) is 9.84 Å². The molecule has 1 N–H and O–H groups in total. The molecule has 0 amide bonds. The van der Waals surface area contributed by atoms with E-state index in [1.807, 2.05) is 36.4 Å². The minimum Gasteiger partial charge on any atom is -0.497 e. The van der Waals surface area contributed by atoms with Gasteiger partial charge in [-0.05, 0) is 72.5 Å². The molecule has 0 aliphatic rings. The maximum Gasteiger partial charge on any atom is 0.303 e. The summed E-state index contributed by atoms with van der Waals surface area (Å²) in [4.78, 5) is 11.0. The van der Waals surface area contributed by atoms with Gasteiger partial charge < -0.3 is 14.4 Å². The number of methoxy groups -OCH3 is 1. The molecule has 0 unspecified atom stereocenters. The number of aliphatic carboxylic acids is 1. The zero-order chi connectivity index (χ0) is 18.5. The predicted molar refractivity (Wildman–Crippen MR) is 103 cm³/mol. The minimum atomic E-state index is -0.787. The molecule has 26 heavy (non-hydrogen) atoms. The SMILES string of the molecule is CCc1ccc(-n2c(CCC(=O)O)ccc2-c2ccc(OC)cc2)cc1. The number of rotatable bonds is 7. The molecule has 0 saturated carbocycles. The van der Waals surface area contributed by atoms with Crippen LogP contribution >= 0.6 is 0 Å². The number of hydrogen-bond donors (Lipinski definition) is 1. The van der Waals surface area contributed by atoms with Gasteiger partial charge in [0.1, 0.15) is 5.75 Å². The highest BCUT2D eigenvalue weighted by molar-refractivity contribution is 5.68. The molecule has 1 aromatic heterocycles. The van der Waals surface area contributed by atoms with Crippen molar-refractivity contribution in [3.05, 3.63) is 71.9 Å². The van der Waals surface area contributed by atoms with Gasteiger partial charge in [-0.25, -0.2) is 0 Å². The first kappa shape index (κ1) is 17.8. The van der Waals surface area contributed by atoms with E-state index in [1.165, 1.54) is 5.56 Å². The summed E-state index contributed by atoms with van der Waals surface area (Å²) >= 11 is 0. The maximum atomic E-state index is 11.0. The van der Waals surface area contributed by atoms with E-state index in [0.29, 0.717) is 6.42 Å². The lowest BCUT2D eigenvalue weighted by Crippen LogP contribution is -2.05. The fourth-order valence-corrected chi connectivity index (χ4v) is 3.08. The average molecular weight is 349 g/mol. The molecular weight excluding hydrogens is 326 g/mol. The molecule has 0 atom stereocenters. The monoisotopic (exact) mass is 349 g/mol. The van der Waals surface area contributed by atoms with Crippen LogP contribution in [0.4, 0.5) is 0 Å². The zero-order valence-electron chi connectivity index (χ0n) is 15.1. The van der Waals surface area contributed by atoms with Gasteiger partial charge in [-0.1, -0.05) is 19.1 Å². The van der Waals surface area contributed by atoms with E-state index >= 15 is 0 Å². The van der Waals surface area contributed by atoms with Crippen LogP contribution in [-0.4, -0.2) is 22.8 Å². The number of benzene rings is 2. The van der Waals surface area contributed by atoms with E-state index in [2.05, 4.69) is 35.8 Å². The first-order valence-corrected chi connectivity index (χ1v) is 8.78. The molecule has 0 spiro atoms. The topological polar surface area (TPSA) is 51.5 Å². The Morgan fingerprint density at radius 3 is 2.27 bits per heavy atom. The highest BCUT2D eigenvalue weighted by atomic mass is 16.5. The van der Waals surface area contributed by atoms with Gasteiger partial charge >= 0.3 is 5.97 Å². The number of aryl methyl sites for hydroxylation is 2. The second kappa shape index (κ2) is 7.91. The van der Waals surface area contributed by atoms with Gasteiger partial charge in [0.25, 0.3) is 0 Å². The molecule has 0 radical (unpaired) electrons. The lowest BCUT2D eigenvalue weighted by molar-refractivity contribution is -0.136. The molecule has 0 fully saturated rings. The van der Waals surface area contributed by atoms with Crippen molar-refractivity contribution in [2.45, 2.75) is 26.2 Å². The van der Waals surface area contributed by atoms with Gasteiger partial charge in [0, 0.05) is 11.4 Å². The van der Waals surface area contributed by atoms with Gasteiger partial charge in [-0.15, -0.1) is 0 Å². The largest absolute Gasteiger partial charge is 0.497 e. The Labute approximate surface area is 153 Å². The quantitative estimate of drug-likeness (QED) is 0.671. The van der Waals surface area contributed by atoms with Gasteiger partial charge in [-0.3, -0.25) is 4.79 Å². The van der Waals surface area contributed by atoms with Crippen molar-refractivity contribution in [3.63, 3.8) is 0 Å². The van der Waals surface area contributed by atoms with E-state index in [9.17, 15) is 4.79 Å². The van der Waals surface area contributed by atoms with Gasteiger partial charge in [0.05, 0.1) is 19.2 Å². The molecule has 3 aromatic rings. The normalized spacial score (nSPS) is 10.7. The number of carbonyl (C=O) groups is 1. The summed E-state index contributed by atoms with van der Waals surface area (Å²) in [5.74, 6) is 0.0235. The summed E-state index contributed by atoms with van der Waals surface area (Å²) in [7, 11) is 1.65. The summed E-state index contributed by atoms with van der Waals surface area (Å²) in [5.41, 5.74) is 5.41. The Hall–Kier alpha value is -3.01. The van der Waals surface area contributed by atoms with Crippen molar-refractivity contribution in [1.29, 1.82) is 0 Å². The summed E-state index contributed by atoms with van der Waals surface area (Å²) in [6.07, 6.45) is 1.59. The fraction of sp³-hybridized carbons (Fsp3) is 0.227. The second-order valence-electron chi connectivity index (χ2n) is 6.19. The molecule has 2 aromatic carbocycles. The van der Waals surface area contributed by atoms with Crippen molar-refractivity contribution < 1.29 is 14.6 Å². The fourth-order valence-electron chi connectivity index (χ4n) is 3.08. The molecule has 0 aliphatic heterocycles. The van der Waals surface area contributed by atoms with E-state index in [1.54, 1.807) is 7.11 Å². The van der Waals surface area contributed by atoms with Crippen LogP contribution in [0.5, 0.6) is 5.75 Å². The number of carboxylic acid groups (broad SMARTS) is 1. The van der Waals surface area contributed by atoms with Gasteiger partial charge in [0.15, 0.2) is 0 Å². The number of carboxylic acids is 1. The molecule has 134 valence electrons. The molecule has 1 heterocycles. The number of aromatic nitrogens is 1. The lowest BCUT2D eigenvalue weighted by Gasteiger charge is -2.15. The Balaban J connectivity index is 2.06. The molecule has 4 nitrogen and oxygen atoms in total. The van der Waals surface area contributed by atoms with Crippen molar-refractivity contribution in [2.75, 3.05) is 7.11 Å². The highest BCUT2D eigenvalue weighted by Crippen LogP contribution is 2.29. The summed E-state index contributed by atoms with van der Waals surface area (Å²) in [6.45, 7) is 2.13. The summed E-state index contributed by atoms with van der Waals surface area (Å²) in [6, 6.07) is 20.4. The van der Waals surface area contributed by atoms with Crippen molar-refractivity contribution in [1.82, 2.24) is 4.57 Å². The third kappa shape index (κ3) is 3.80. The van der Waals surface area contributed by atoms with Crippen LogP contribution in [0.1, 0.15) is 24.6 Å². The Morgan fingerprint density at radius 1 is 1.00 bits per heavy atom. The third-order valence-electron chi connectivity index (χ3n) is 4.55. The number of nitrogens with zero attached hydrogens (tertiary/aromatic N) is 1. The highest BCUT2D eigenvalue weighted by Gasteiger charge is 2.13. The van der Waals surface area contributed by atoms with Crippen LogP contribution in [0.3, 0.4) is 0 Å². The number of ether oxygens (including phenoxy) is 1. The van der Waals surface area contributed by atoms with E-state index in [-0.39, 0.29) is 6.42 Å². The van der Waals surface area contributed by atoms with E-state index in [0.717, 1.165) is 34.8 Å². The minimum absolute atomic E-state index is 0.110. The van der Waals surface area contributed by atoms with Crippen molar-refractivity contribution in [2.24, 2.45) is 0 Å². The summed E-state index contributed by atoms with van der Waals surface area (Å²) in [5, 5.41) is 9.06. The van der Waals surface area contributed by atoms with Crippen LogP contribution in [0.25, 0.3) is 16.9 Å². The predicted octanol–water partition coefficient (Wildman–Crippen LogP) is 4.73. The first-order valence-electron chi connectivity index (χ1n) is 8.78. The van der Waals surface area contributed by atoms with E-state index < -0.39 is 5.97 Å². The lowest BCUT2D eigenvalue weighted by atomic mass is 10.1. The standard InChI is InChI=1S/C22H23NO3/c1-3-16-4-8-18(9-5-16)23-19(11-15-22(24)25)10-14-21(23)17-6-12-20(26-2)13-7-17/h4-10,12-14H,3,11,15H2,1-2H3,(H,24,25). The molecule has 4 heteroatoms. The molecule has 0 saturated heterocycles. The zero-order valence-corrected chi connectivity index (χ0v) is 15.1. The van der Waals surface area contributed by atoms with Gasteiger partial charge in [-0.2, -0.15) is 0 Å². The van der Waals surface area contributed by atoms with Crippen LogP contribution in [0, 0.1) is 0 Å². The number of hydrogen-bond acceptors (Lipinski definition) is 2. The van der Waals surface area contributed by atoms with Gasteiger partial charge in [0.2, 0.25) is 0 Å². The third-order valence-corrected chi connectivity index (χ3v) is 4.55. The average Bonchev–Trinajstić information content (AvgIpc) is 3.10. The summed E-state index contributed by atoms with van der Waals surface area (Å²) < 4.78 is 7.39. The smallest absolute Gasteiger partial charge is 0.303 e. The molecule has 0 aliphatic carbocycles. The van der Waals surface area contributed by atoms with Crippen molar-refractivity contribution in [3.8, 4) is 22.7 Å². The molecule has 3 rings (SSSR count). The Morgan fingerprint density at radius 2 is 1.69 bits per heavy atom. The van der Waals surface area contributed by atoms with Crippen LogP contribution in [0.15, 0.2) is 60.7 Å². The molecule has 0 bridgehead atoms. The Kier molecular flexibility index (Phi) is 5.42. The van der Waals surface area contributed by atoms with Crippen LogP contribution < -0.4 is 4.74 Å². The van der Waals surface area contributed by atoms with Crippen molar-refractivity contribution >= 4 is 5.97 Å². The second-order valence-corrected chi connectivity index (χ2v) is 6.19. The van der Waals surface area contributed by atoms with Crippen LogP contribution in [-0.2, 0) is 17.6 Å². The van der Waals surface area contributed by atoms with Crippen LogP contribution in [0.2, 0.25) is 0 Å². The molecular formula is C22H23NO3. The Bertz CT molecular complexity index is 877. The first-order chi connectivity index (χ1) is 12.6. The maximum absolute atomic E-state index is 11.0.